The monoisotopic (exact) mass is 227 g/mol. The zero-order valence-electron chi connectivity index (χ0n) is 8.59. The standard InChI is InChI=1S/C11H14ClNO2/c1-8-7-9(12)4-5-10(8)13-11(15)3-2-6-14/h4-5,7,14H,2-3,6H2,1H3,(H,13,15). The lowest BCUT2D eigenvalue weighted by molar-refractivity contribution is -0.116. The number of carbonyl (C=O) groups excluding carboxylic acids is 1. The quantitative estimate of drug-likeness (QED) is 0.830. The van der Waals surface area contributed by atoms with Gasteiger partial charge < -0.3 is 10.4 Å². The Balaban J connectivity index is 2.60. The predicted octanol–water partition coefficient (Wildman–Crippen LogP) is 2.36. The highest BCUT2D eigenvalue weighted by Gasteiger charge is 2.04. The normalized spacial score (nSPS) is 10.1. The molecule has 3 nitrogen and oxygen atoms in total. The second kappa shape index (κ2) is 5.73. The van der Waals surface area contributed by atoms with Crippen molar-refractivity contribution in [2.45, 2.75) is 19.8 Å². The summed E-state index contributed by atoms with van der Waals surface area (Å²) in [5.74, 6) is -0.0885. The summed E-state index contributed by atoms with van der Waals surface area (Å²) in [6, 6.07) is 5.30. The van der Waals surface area contributed by atoms with Crippen molar-refractivity contribution in [1.29, 1.82) is 0 Å². The van der Waals surface area contributed by atoms with E-state index in [-0.39, 0.29) is 12.5 Å². The first-order valence-corrected chi connectivity index (χ1v) is 5.18. The molecular formula is C11H14ClNO2. The number of benzene rings is 1. The second-order valence-electron chi connectivity index (χ2n) is 3.33. The molecule has 15 heavy (non-hydrogen) atoms. The molecule has 82 valence electrons. The lowest BCUT2D eigenvalue weighted by Gasteiger charge is -2.07. The fraction of sp³-hybridized carbons (Fsp3) is 0.364. The third-order valence-electron chi connectivity index (χ3n) is 2.02. The number of halogens is 1. The molecule has 0 aliphatic rings. The summed E-state index contributed by atoms with van der Waals surface area (Å²) in [6.45, 7) is 1.92. The lowest BCUT2D eigenvalue weighted by Crippen LogP contribution is -2.12. The van der Waals surface area contributed by atoms with E-state index in [1.54, 1.807) is 18.2 Å². The van der Waals surface area contributed by atoms with E-state index >= 15 is 0 Å². The molecule has 0 saturated carbocycles. The van der Waals surface area contributed by atoms with Crippen LogP contribution in [-0.4, -0.2) is 17.6 Å². The molecule has 0 aromatic heterocycles. The number of hydrogen-bond acceptors (Lipinski definition) is 2. The van der Waals surface area contributed by atoms with E-state index in [0.717, 1.165) is 11.3 Å². The average Bonchev–Trinajstić information content (AvgIpc) is 2.19. The molecule has 1 amide bonds. The van der Waals surface area contributed by atoms with Gasteiger partial charge in [0.15, 0.2) is 0 Å². The summed E-state index contributed by atoms with van der Waals surface area (Å²) in [6.07, 6.45) is 0.817. The Hall–Kier alpha value is -1.06. The molecule has 0 saturated heterocycles. The van der Waals surface area contributed by atoms with Crippen LogP contribution in [-0.2, 0) is 4.79 Å². The molecule has 0 unspecified atom stereocenters. The van der Waals surface area contributed by atoms with Crippen LogP contribution in [0.25, 0.3) is 0 Å². The maximum atomic E-state index is 11.4. The predicted molar refractivity (Wildman–Crippen MR) is 61.1 cm³/mol. The van der Waals surface area contributed by atoms with Gasteiger partial charge in [0, 0.05) is 23.7 Å². The van der Waals surface area contributed by atoms with Gasteiger partial charge in [0.05, 0.1) is 0 Å². The highest BCUT2D eigenvalue weighted by Crippen LogP contribution is 2.19. The molecule has 0 aliphatic carbocycles. The van der Waals surface area contributed by atoms with E-state index in [1.807, 2.05) is 6.92 Å². The maximum Gasteiger partial charge on any atom is 0.224 e. The summed E-state index contributed by atoms with van der Waals surface area (Å²) < 4.78 is 0. The van der Waals surface area contributed by atoms with Crippen molar-refractivity contribution in [2.24, 2.45) is 0 Å². The van der Waals surface area contributed by atoms with E-state index in [9.17, 15) is 4.79 Å². The van der Waals surface area contributed by atoms with E-state index in [2.05, 4.69) is 5.32 Å². The average molecular weight is 228 g/mol. The van der Waals surface area contributed by atoms with E-state index in [0.29, 0.717) is 17.9 Å². The molecule has 2 N–H and O–H groups in total. The van der Waals surface area contributed by atoms with Crippen LogP contribution in [0.5, 0.6) is 0 Å². The Bertz CT molecular complexity index is 352. The van der Waals surface area contributed by atoms with Gasteiger partial charge in [-0.05, 0) is 37.1 Å². The number of hydrogen-bond donors (Lipinski definition) is 2. The Morgan fingerprint density at radius 3 is 2.87 bits per heavy atom. The fourth-order valence-electron chi connectivity index (χ4n) is 1.22. The maximum absolute atomic E-state index is 11.4. The number of nitrogens with one attached hydrogen (secondary N) is 1. The topological polar surface area (TPSA) is 49.3 Å². The molecular weight excluding hydrogens is 214 g/mol. The van der Waals surface area contributed by atoms with Crippen LogP contribution in [0, 0.1) is 6.92 Å². The summed E-state index contributed by atoms with van der Waals surface area (Å²) in [5, 5.41) is 12.0. The summed E-state index contributed by atoms with van der Waals surface area (Å²) in [5.41, 5.74) is 1.70. The van der Waals surface area contributed by atoms with Crippen LogP contribution in [0.2, 0.25) is 5.02 Å². The molecule has 0 bridgehead atoms. The Labute approximate surface area is 94.1 Å². The molecule has 0 spiro atoms. The Morgan fingerprint density at radius 1 is 1.53 bits per heavy atom. The largest absolute Gasteiger partial charge is 0.396 e. The van der Waals surface area contributed by atoms with Crippen LogP contribution in [0.4, 0.5) is 5.69 Å². The first-order valence-electron chi connectivity index (χ1n) is 4.80. The number of aryl methyl sites for hydroxylation is 1. The van der Waals surface area contributed by atoms with Crippen LogP contribution in [0.3, 0.4) is 0 Å². The van der Waals surface area contributed by atoms with Crippen LogP contribution >= 0.6 is 11.6 Å². The van der Waals surface area contributed by atoms with Crippen molar-refractivity contribution in [3.05, 3.63) is 28.8 Å². The molecule has 1 aromatic rings. The van der Waals surface area contributed by atoms with Crippen molar-refractivity contribution in [3.63, 3.8) is 0 Å². The van der Waals surface area contributed by atoms with Crippen molar-refractivity contribution in [2.75, 3.05) is 11.9 Å². The highest BCUT2D eigenvalue weighted by atomic mass is 35.5. The Kier molecular flexibility index (Phi) is 4.59. The van der Waals surface area contributed by atoms with Gasteiger partial charge in [-0.3, -0.25) is 4.79 Å². The van der Waals surface area contributed by atoms with Gasteiger partial charge in [-0.25, -0.2) is 0 Å². The van der Waals surface area contributed by atoms with Gasteiger partial charge in [0.1, 0.15) is 0 Å². The minimum atomic E-state index is -0.0885. The van der Waals surface area contributed by atoms with E-state index in [1.165, 1.54) is 0 Å². The van der Waals surface area contributed by atoms with Gasteiger partial charge in [0.25, 0.3) is 0 Å². The molecule has 0 fully saturated rings. The van der Waals surface area contributed by atoms with Crippen LogP contribution in [0.1, 0.15) is 18.4 Å². The van der Waals surface area contributed by atoms with Crippen molar-refractivity contribution < 1.29 is 9.90 Å². The third-order valence-corrected chi connectivity index (χ3v) is 2.26. The molecule has 0 atom stereocenters. The van der Waals surface area contributed by atoms with Crippen LogP contribution < -0.4 is 5.32 Å². The first-order chi connectivity index (χ1) is 7.13. The minimum absolute atomic E-state index is 0.0347. The number of aliphatic hydroxyl groups is 1. The summed E-state index contributed by atoms with van der Waals surface area (Å²) in [7, 11) is 0. The third kappa shape index (κ3) is 3.90. The van der Waals surface area contributed by atoms with Crippen molar-refractivity contribution in [1.82, 2.24) is 0 Å². The lowest BCUT2D eigenvalue weighted by atomic mass is 10.2. The SMILES string of the molecule is Cc1cc(Cl)ccc1NC(=O)CCCO. The summed E-state index contributed by atoms with van der Waals surface area (Å²) in [4.78, 5) is 11.4. The van der Waals surface area contributed by atoms with Crippen molar-refractivity contribution in [3.8, 4) is 0 Å². The fourth-order valence-corrected chi connectivity index (χ4v) is 1.45. The highest BCUT2D eigenvalue weighted by molar-refractivity contribution is 6.30. The Morgan fingerprint density at radius 2 is 2.27 bits per heavy atom. The zero-order valence-corrected chi connectivity index (χ0v) is 9.34. The minimum Gasteiger partial charge on any atom is -0.396 e. The van der Waals surface area contributed by atoms with Gasteiger partial charge in [-0.1, -0.05) is 11.6 Å². The molecule has 4 heteroatoms. The second-order valence-corrected chi connectivity index (χ2v) is 3.77. The van der Waals surface area contributed by atoms with Gasteiger partial charge in [0.2, 0.25) is 5.91 Å². The smallest absolute Gasteiger partial charge is 0.224 e. The van der Waals surface area contributed by atoms with Gasteiger partial charge in [-0.15, -0.1) is 0 Å². The molecule has 0 aliphatic heterocycles. The van der Waals surface area contributed by atoms with E-state index < -0.39 is 0 Å². The number of rotatable bonds is 4. The first kappa shape index (κ1) is 12.0. The zero-order chi connectivity index (χ0) is 11.3. The van der Waals surface area contributed by atoms with Crippen molar-refractivity contribution >= 4 is 23.2 Å². The summed E-state index contributed by atoms with van der Waals surface area (Å²) >= 11 is 5.79. The molecule has 0 heterocycles. The van der Waals surface area contributed by atoms with Gasteiger partial charge >= 0.3 is 0 Å². The molecule has 1 rings (SSSR count). The molecule has 0 radical (unpaired) electrons. The number of aliphatic hydroxyl groups excluding tert-OH is 1. The number of amides is 1. The van der Waals surface area contributed by atoms with E-state index in [4.69, 9.17) is 16.7 Å². The van der Waals surface area contributed by atoms with Gasteiger partial charge in [-0.2, -0.15) is 0 Å². The number of carbonyl (C=O) groups is 1. The van der Waals surface area contributed by atoms with Crippen LogP contribution in [0.15, 0.2) is 18.2 Å². The molecule has 1 aromatic carbocycles. The number of anilines is 1.